The molecule has 0 saturated carbocycles. The zero-order valence-corrected chi connectivity index (χ0v) is 32.9. The maximum atomic E-state index is 6.42. The second-order valence-electron chi connectivity index (χ2n) is 15.3. The quantitative estimate of drug-likeness (QED) is 0.153. The number of nitrogens with zero attached hydrogens (tertiary/aromatic N) is 1. The summed E-state index contributed by atoms with van der Waals surface area (Å²) in [6, 6.07) is 84.8. The first-order chi connectivity index (χ1) is 29.7. The lowest BCUT2D eigenvalue weighted by atomic mass is 9.95. The van der Waals surface area contributed by atoms with Gasteiger partial charge in [-0.15, -0.1) is 0 Å². The van der Waals surface area contributed by atoms with Gasteiger partial charge in [0.1, 0.15) is 11.2 Å². The molecular weight excluding hydrogens is 727 g/mol. The lowest BCUT2D eigenvalue weighted by Gasteiger charge is -2.28. The predicted molar refractivity (Wildman–Crippen MR) is 253 cm³/mol. The molecule has 0 spiro atoms. The Hall–Kier alpha value is -7.94. The van der Waals surface area contributed by atoms with E-state index in [1.54, 1.807) is 0 Å². The molecule has 0 saturated heterocycles. The third-order valence-electron chi connectivity index (χ3n) is 11.7. The average Bonchev–Trinajstić information content (AvgIpc) is 3.72. The number of fused-ring (bicyclic) bond motifs is 4. The van der Waals surface area contributed by atoms with E-state index in [0.29, 0.717) is 0 Å². The molecule has 0 N–H and O–H groups in total. The lowest BCUT2D eigenvalue weighted by Crippen LogP contribution is -2.10. The van der Waals surface area contributed by atoms with Crippen LogP contribution in [0.15, 0.2) is 241 Å². The first-order valence-electron chi connectivity index (χ1n) is 20.5. The largest absolute Gasteiger partial charge is 0.455 e. The molecule has 2 heteroatoms. The maximum absolute atomic E-state index is 6.42. The van der Waals surface area contributed by atoms with Gasteiger partial charge in [-0.3, -0.25) is 0 Å². The van der Waals surface area contributed by atoms with Crippen molar-refractivity contribution in [3.63, 3.8) is 0 Å². The van der Waals surface area contributed by atoms with E-state index in [-0.39, 0.29) is 0 Å². The number of rotatable bonds is 8. The highest BCUT2D eigenvalue weighted by atomic mass is 16.3. The van der Waals surface area contributed by atoms with E-state index in [1.807, 2.05) is 12.1 Å². The van der Waals surface area contributed by atoms with Gasteiger partial charge in [0.2, 0.25) is 0 Å². The van der Waals surface area contributed by atoms with Gasteiger partial charge >= 0.3 is 0 Å². The van der Waals surface area contributed by atoms with Gasteiger partial charge < -0.3 is 9.32 Å². The summed E-state index contributed by atoms with van der Waals surface area (Å²) in [4.78, 5) is 2.39. The summed E-state index contributed by atoms with van der Waals surface area (Å²) in [6.07, 6.45) is 0. The van der Waals surface area contributed by atoms with Crippen LogP contribution in [0.2, 0.25) is 0 Å². The molecule has 10 aromatic carbocycles. The summed E-state index contributed by atoms with van der Waals surface area (Å²) >= 11 is 0. The van der Waals surface area contributed by atoms with Crippen LogP contribution in [-0.2, 0) is 0 Å². The molecule has 0 amide bonds. The Labute approximate surface area is 349 Å². The van der Waals surface area contributed by atoms with E-state index in [0.717, 1.165) is 61.3 Å². The first kappa shape index (κ1) is 35.2. The molecule has 282 valence electrons. The van der Waals surface area contributed by atoms with E-state index in [2.05, 4.69) is 229 Å². The Morgan fingerprint density at radius 2 is 0.733 bits per heavy atom. The molecule has 0 aliphatic carbocycles. The van der Waals surface area contributed by atoms with Gasteiger partial charge in [0.25, 0.3) is 0 Å². The van der Waals surface area contributed by atoms with Crippen LogP contribution in [0.1, 0.15) is 0 Å². The highest BCUT2D eigenvalue weighted by Gasteiger charge is 2.18. The Balaban J connectivity index is 0.983. The molecule has 11 aromatic rings. The molecule has 2 nitrogen and oxygen atoms in total. The van der Waals surface area contributed by atoms with Crippen LogP contribution in [0, 0.1) is 0 Å². The standard InChI is InChI=1S/C58H39NO/c1-3-13-40(14-4-1)41-25-27-42(28-26-41)43-29-33-48(34-30-43)59(56-38-37-50(45-15-5-2-6-16-45)52-19-7-8-20-53(52)56)49-35-31-44(32-36-49)46-17-11-18-47(39-46)51-22-12-23-55-54-21-9-10-24-57(54)60-58(51)55/h1-39H. The zero-order valence-electron chi connectivity index (χ0n) is 32.9. The van der Waals surface area contributed by atoms with Crippen molar-refractivity contribution >= 4 is 49.8 Å². The predicted octanol–water partition coefficient (Wildman–Crippen LogP) is 16.5. The molecule has 0 aliphatic heterocycles. The van der Waals surface area contributed by atoms with Crippen LogP contribution in [0.3, 0.4) is 0 Å². The van der Waals surface area contributed by atoms with Crippen molar-refractivity contribution in [3.05, 3.63) is 237 Å². The minimum absolute atomic E-state index is 0.908. The van der Waals surface area contributed by atoms with Crippen LogP contribution in [0.5, 0.6) is 0 Å². The second kappa shape index (κ2) is 15.1. The van der Waals surface area contributed by atoms with Crippen molar-refractivity contribution in [1.82, 2.24) is 0 Å². The van der Waals surface area contributed by atoms with E-state index < -0.39 is 0 Å². The highest BCUT2D eigenvalue weighted by Crippen LogP contribution is 2.43. The lowest BCUT2D eigenvalue weighted by molar-refractivity contribution is 0.670. The van der Waals surface area contributed by atoms with Crippen molar-refractivity contribution in [1.29, 1.82) is 0 Å². The fraction of sp³-hybridized carbons (Fsp3) is 0. The van der Waals surface area contributed by atoms with E-state index in [4.69, 9.17) is 4.42 Å². The summed E-state index contributed by atoms with van der Waals surface area (Å²) in [7, 11) is 0. The molecule has 0 unspecified atom stereocenters. The maximum Gasteiger partial charge on any atom is 0.143 e. The fourth-order valence-electron chi connectivity index (χ4n) is 8.71. The minimum Gasteiger partial charge on any atom is -0.455 e. The van der Waals surface area contributed by atoms with Gasteiger partial charge in [-0.1, -0.05) is 194 Å². The Kier molecular flexibility index (Phi) is 8.87. The normalized spacial score (nSPS) is 11.3. The average molecular weight is 766 g/mol. The number of hydrogen-bond donors (Lipinski definition) is 0. The summed E-state index contributed by atoms with van der Waals surface area (Å²) in [6.45, 7) is 0. The monoisotopic (exact) mass is 765 g/mol. The van der Waals surface area contributed by atoms with Gasteiger partial charge in [-0.05, 0) is 97.9 Å². The van der Waals surface area contributed by atoms with Gasteiger partial charge in [0.05, 0.1) is 5.69 Å². The SMILES string of the molecule is c1ccc(-c2ccc(-c3ccc(N(c4ccc(-c5cccc(-c6cccc7c6oc6ccccc67)c5)cc4)c4ccc(-c5ccccc5)c5ccccc45)cc3)cc2)cc1. The molecule has 0 bridgehead atoms. The topological polar surface area (TPSA) is 16.4 Å². The molecule has 1 aromatic heterocycles. The van der Waals surface area contributed by atoms with E-state index in [1.165, 1.54) is 44.2 Å². The second-order valence-corrected chi connectivity index (χ2v) is 15.3. The molecule has 1 heterocycles. The molecule has 0 radical (unpaired) electrons. The van der Waals surface area contributed by atoms with Crippen LogP contribution < -0.4 is 4.90 Å². The van der Waals surface area contributed by atoms with Gasteiger partial charge in [0, 0.05) is 33.1 Å². The summed E-state index contributed by atoms with van der Waals surface area (Å²) in [5, 5.41) is 4.68. The zero-order chi connectivity index (χ0) is 39.8. The number of furan rings is 1. The Morgan fingerprint density at radius 3 is 1.40 bits per heavy atom. The number of anilines is 3. The van der Waals surface area contributed by atoms with Crippen LogP contribution >= 0.6 is 0 Å². The van der Waals surface area contributed by atoms with Gasteiger partial charge in [-0.2, -0.15) is 0 Å². The smallest absolute Gasteiger partial charge is 0.143 e. The Morgan fingerprint density at radius 1 is 0.267 bits per heavy atom. The van der Waals surface area contributed by atoms with Gasteiger partial charge in [-0.25, -0.2) is 0 Å². The van der Waals surface area contributed by atoms with E-state index >= 15 is 0 Å². The molecule has 0 fully saturated rings. The first-order valence-corrected chi connectivity index (χ1v) is 20.5. The van der Waals surface area contributed by atoms with Crippen LogP contribution in [0.4, 0.5) is 17.1 Å². The minimum atomic E-state index is 0.908. The number of para-hydroxylation sites is 2. The molecular formula is C58H39NO. The molecule has 0 atom stereocenters. The van der Waals surface area contributed by atoms with Crippen LogP contribution in [0.25, 0.3) is 88.3 Å². The summed E-state index contributed by atoms with van der Waals surface area (Å²) in [5.41, 5.74) is 16.9. The van der Waals surface area contributed by atoms with Crippen molar-refractivity contribution in [3.8, 4) is 55.6 Å². The third-order valence-corrected chi connectivity index (χ3v) is 11.7. The summed E-state index contributed by atoms with van der Waals surface area (Å²) in [5.74, 6) is 0. The van der Waals surface area contributed by atoms with Crippen LogP contribution in [-0.4, -0.2) is 0 Å². The van der Waals surface area contributed by atoms with Crippen molar-refractivity contribution < 1.29 is 4.42 Å². The van der Waals surface area contributed by atoms with Crippen molar-refractivity contribution in [2.75, 3.05) is 4.90 Å². The van der Waals surface area contributed by atoms with Gasteiger partial charge in [0.15, 0.2) is 0 Å². The molecule has 11 rings (SSSR count). The Bertz CT molecular complexity index is 3270. The number of benzene rings is 10. The summed E-state index contributed by atoms with van der Waals surface area (Å²) < 4.78 is 6.42. The number of hydrogen-bond acceptors (Lipinski definition) is 2. The third kappa shape index (κ3) is 6.41. The van der Waals surface area contributed by atoms with Crippen molar-refractivity contribution in [2.24, 2.45) is 0 Å². The fourth-order valence-corrected chi connectivity index (χ4v) is 8.71. The van der Waals surface area contributed by atoms with E-state index in [9.17, 15) is 0 Å². The highest BCUT2D eigenvalue weighted by molar-refractivity contribution is 6.10. The molecule has 60 heavy (non-hydrogen) atoms. The molecule has 0 aliphatic rings. The van der Waals surface area contributed by atoms with Crippen molar-refractivity contribution in [2.45, 2.75) is 0 Å².